The van der Waals surface area contributed by atoms with E-state index in [2.05, 4.69) is 6.92 Å². The first-order chi connectivity index (χ1) is 16.7. The lowest BCUT2D eigenvalue weighted by atomic mass is 9.78. The van der Waals surface area contributed by atoms with Gasteiger partial charge in [0.1, 0.15) is 5.75 Å². The summed E-state index contributed by atoms with van der Waals surface area (Å²) in [7, 11) is 0. The Morgan fingerprint density at radius 1 is 0.800 bits per heavy atom. The molecule has 0 bridgehead atoms. The Balaban J connectivity index is 1.29. The molecule has 0 N–H and O–H groups in total. The average Bonchev–Trinajstić information content (AvgIpc) is 2.85. The van der Waals surface area contributed by atoms with Gasteiger partial charge in [-0.2, -0.15) is 13.2 Å². The SMILES string of the molecule is CC1CCC(c2ccc(C(=O)Oc3ccc(C4CCC(C=C(F)C(F)(F)F)CC4)cc3)cc2)CC1. The lowest BCUT2D eigenvalue weighted by molar-refractivity contribution is -0.109. The maximum Gasteiger partial charge on any atom is 0.442 e. The summed E-state index contributed by atoms with van der Waals surface area (Å²) in [6, 6.07) is 15.0. The van der Waals surface area contributed by atoms with E-state index in [0.29, 0.717) is 42.9 Å². The summed E-state index contributed by atoms with van der Waals surface area (Å²) in [6.45, 7) is 2.30. The highest BCUT2D eigenvalue weighted by Gasteiger charge is 2.35. The van der Waals surface area contributed by atoms with Crippen LogP contribution in [0.5, 0.6) is 5.75 Å². The van der Waals surface area contributed by atoms with Crippen molar-refractivity contribution in [3.05, 3.63) is 77.1 Å². The molecular formula is C29H32F4O2. The molecule has 0 amide bonds. The molecule has 2 aromatic rings. The van der Waals surface area contributed by atoms with Crippen LogP contribution < -0.4 is 4.74 Å². The van der Waals surface area contributed by atoms with Gasteiger partial charge in [-0.15, -0.1) is 0 Å². The molecule has 0 aliphatic heterocycles. The van der Waals surface area contributed by atoms with E-state index in [1.54, 1.807) is 12.1 Å². The van der Waals surface area contributed by atoms with Crippen LogP contribution in [0.2, 0.25) is 0 Å². The Labute approximate surface area is 204 Å². The zero-order valence-electron chi connectivity index (χ0n) is 20.0. The summed E-state index contributed by atoms with van der Waals surface area (Å²) < 4.78 is 56.0. The molecule has 0 atom stereocenters. The fraction of sp³-hybridized carbons (Fsp3) is 0.483. The molecule has 188 valence electrons. The maximum absolute atomic E-state index is 13.2. The van der Waals surface area contributed by atoms with Gasteiger partial charge < -0.3 is 4.74 Å². The van der Waals surface area contributed by atoms with Crippen LogP contribution in [0.1, 0.15) is 91.6 Å². The van der Waals surface area contributed by atoms with E-state index in [-0.39, 0.29) is 11.8 Å². The van der Waals surface area contributed by atoms with Crippen molar-refractivity contribution in [2.75, 3.05) is 0 Å². The van der Waals surface area contributed by atoms with Crippen molar-refractivity contribution in [1.29, 1.82) is 0 Å². The Bertz CT molecular complexity index is 1010. The molecule has 2 aliphatic rings. The van der Waals surface area contributed by atoms with Gasteiger partial charge in [0.15, 0.2) is 5.83 Å². The van der Waals surface area contributed by atoms with Crippen LogP contribution in [-0.4, -0.2) is 12.1 Å². The quantitative estimate of drug-likeness (QED) is 0.239. The topological polar surface area (TPSA) is 26.3 Å². The molecule has 2 saturated carbocycles. The molecule has 4 rings (SSSR count). The number of alkyl halides is 3. The predicted octanol–water partition coefficient (Wildman–Crippen LogP) is 8.89. The first-order valence-electron chi connectivity index (χ1n) is 12.6. The van der Waals surface area contributed by atoms with E-state index in [1.165, 1.54) is 31.2 Å². The van der Waals surface area contributed by atoms with Crippen LogP contribution in [0.15, 0.2) is 60.4 Å². The number of hydrogen-bond acceptors (Lipinski definition) is 2. The molecule has 2 aliphatic carbocycles. The third-order valence-corrected chi connectivity index (χ3v) is 7.62. The molecule has 0 unspecified atom stereocenters. The van der Waals surface area contributed by atoms with Gasteiger partial charge in [0, 0.05) is 0 Å². The molecule has 0 saturated heterocycles. The zero-order valence-corrected chi connectivity index (χ0v) is 20.0. The van der Waals surface area contributed by atoms with Crippen molar-refractivity contribution in [2.45, 2.75) is 76.3 Å². The van der Waals surface area contributed by atoms with E-state index in [1.807, 2.05) is 36.4 Å². The lowest BCUT2D eigenvalue weighted by Crippen LogP contribution is -2.15. The van der Waals surface area contributed by atoms with Gasteiger partial charge in [0.2, 0.25) is 0 Å². The zero-order chi connectivity index (χ0) is 25.0. The minimum Gasteiger partial charge on any atom is -0.423 e. The van der Waals surface area contributed by atoms with E-state index < -0.39 is 18.0 Å². The van der Waals surface area contributed by atoms with Crippen LogP contribution in [-0.2, 0) is 0 Å². The van der Waals surface area contributed by atoms with Crippen molar-refractivity contribution >= 4 is 5.97 Å². The van der Waals surface area contributed by atoms with Crippen LogP contribution in [0.25, 0.3) is 0 Å². The molecule has 35 heavy (non-hydrogen) atoms. The fourth-order valence-electron chi connectivity index (χ4n) is 5.38. The van der Waals surface area contributed by atoms with Crippen LogP contribution in [0.3, 0.4) is 0 Å². The second kappa shape index (κ2) is 11.0. The van der Waals surface area contributed by atoms with E-state index in [9.17, 15) is 22.4 Å². The molecule has 0 heterocycles. The van der Waals surface area contributed by atoms with Gasteiger partial charge >= 0.3 is 12.1 Å². The maximum atomic E-state index is 13.2. The largest absolute Gasteiger partial charge is 0.442 e. The van der Waals surface area contributed by atoms with Gasteiger partial charge in [-0.05, 0) is 104 Å². The van der Waals surface area contributed by atoms with Gasteiger partial charge in [0.05, 0.1) is 5.56 Å². The number of allylic oxidation sites excluding steroid dienone is 2. The molecule has 0 aromatic heterocycles. The van der Waals surface area contributed by atoms with Gasteiger partial charge in [-0.3, -0.25) is 0 Å². The molecule has 2 aromatic carbocycles. The predicted molar refractivity (Wildman–Crippen MR) is 128 cm³/mol. The number of ether oxygens (including phenoxy) is 1. The summed E-state index contributed by atoms with van der Waals surface area (Å²) in [5, 5.41) is 0. The Kier molecular flexibility index (Phi) is 7.98. The van der Waals surface area contributed by atoms with Crippen molar-refractivity contribution in [1.82, 2.24) is 0 Å². The third kappa shape index (κ3) is 6.74. The first kappa shape index (κ1) is 25.5. The molecule has 0 spiro atoms. The van der Waals surface area contributed by atoms with Gasteiger partial charge in [-0.1, -0.05) is 44.0 Å². The highest BCUT2D eigenvalue weighted by Crippen LogP contribution is 2.39. The van der Waals surface area contributed by atoms with E-state index in [4.69, 9.17) is 4.74 Å². The van der Waals surface area contributed by atoms with Crippen LogP contribution in [0.4, 0.5) is 17.6 Å². The number of hydrogen-bond donors (Lipinski definition) is 0. The molecular weight excluding hydrogens is 456 g/mol. The average molecular weight is 489 g/mol. The van der Waals surface area contributed by atoms with Gasteiger partial charge in [-0.25, -0.2) is 9.18 Å². The van der Waals surface area contributed by atoms with Crippen molar-refractivity contribution in [2.24, 2.45) is 11.8 Å². The highest BCUT2D eigenvalue weighted by molar-refractivity contribution is 5.91. The number of halogens is 4. The minimum absolute atomic E-state index is 0.202. The normalized spacial score (nSPS) is 25.8. The number of carbonyl (C=O) groups excluding carboxylic acids is 1. The van der Waals surface area contributed by atoms with Crippen LogP contribution >= 0.6 is 0 Å². The second-order valence-electron chi connectivity index (χ2n) is 10.2. The summed E-state index contributed by atoms with van der Waals surface area (Å²) in [5.41, 5.74) is 2.85. The van der Waals surface area contributed by atoms with Gasteiger partial charge in [0.25, 0.3) is 0 Å². The fourth-order valence-corrected chi connectivity index (χ4v) is 5.38. The highest BCUT2D eigenvalue weighted by atomic mass is 19.4. The number of rotatable bonds is 5. The smallest absolute Gasteiger partial charge is 0.423 e. The summed E-state index contributed by atoms with van der Waals surface area (Å²) in [4.78, 5) is 12.6. The molecule has 2 fully saturated rings. The number of carbonyl (C=O) groups is 1. The van der Waals surface area contributed by atoms with E-state index >= 15 is 0 Å². The molecule has 0 radical (unpaired) electrons. The Morgan fingerprint density at radius 2 is 1.29 bits per heavy atom. The molecule has 2 nitrogen and oxygen atoms in total. The third-order valence-electron chi connectivity index (χ3n) is 7.62. The van der Waals surface area contributed by atoms with Crippen molar-refractivity contribution < 1.29 is 27.1 Å². The Morgan fingerprint density at radius 3 is 1.80 bits per heavy atom. The monoisotopic (exact) mass is 488 g/mol. The molecule has 6 heteroatoms. The van der Waals surface area contributed by atoms with Crippen LogP contribution in [0, 0.1) is 11.8 Å². The lowest BCUT2D eigenvalue weighted by Gasteiger charge is -2.27. The number of esters is 1. The van der Waals surface area contributed by atoms with E-state index in [0.717, 1.165) is 17.6 Å². The summed E-state index contributed by atoms with van der Waals surface area (Å²) in [5.74, 6) is -0.765. The summed E-state index contributed by atoms with van der Waals surface area (Å²) >= 11 is 0. The second-order valence-corrected chi connectivity index (χ2v) is 10.2. The van der Waals surface area contributed by atoms with Crippen molar-refractivity contribution in [3.63, 3.8) is 0 Å². The van der Waals surface area contributed by atoms with Crippen molar-refractivity contribution in [3.8, 4) is 5.75 Å². The number of benzene rings is 2. The Hall–Kier alpha value is -2.63. The minimum atomic E-state index is -4.90. The summed E-state index contributed by atoms with van der Waals surface area (Å²) in [6.07, 6.45) is 3.12. The first-order valence-corrected chi connectivity index (χ1v) is 12.6. The standard InChI is InChI=1S/C29H32F4O2/c1-19-2-6-21(7-3-19)23-10-12-25(13-11-23)28(34)35-26-16-14-24(15-17-26)22-8-4-20(5-9-22)18-27(30)29(31,32)33/h10-22H,2-9H2,1H3.